The predicted octanol–water partition coefficient (Wildman–Crippen LogP) is 5.27. The maximum Gasteiger partial charge on any atom is 0.124 e. The van der Waals surface area contributed by atoms with E-state index < -0.39 is 5.60 Å². The number of rotatable bonds is 4. The van der Waals surface area contributed by atoms with Gasteiger partial charge in [0.25, 0.3) is 0 Å². The lowest BCUT2D eigenvalue weighted by atomic mass is 9.62. The Hall–Kier alpha value is -3.39. The van der Waals surface area contributed by atoms with Gasteiger partial charge in [-0.15, -0.1) is 0 Å². The predicted molar refractivity (Wildman–Crippen MR) is 138 cm³/mol. The molecule has 1 aliphatic heterocycles. The first-order valence-electron chi connectivity index (χ1n) is 11.9. The highest BCUT2D eigenvalue weighted by Crippen LogP contribution is 2.50. The smallest absolute Gasteiger partial charge is 0.124 e. The molecule has 172 valence electrons. The molecule has 2 N–H and O–H groups in total. The van der Waals surface area contributed by atoms with Crippen LogP contribution in [-0.4, -0.2) is 40.1 Å². The van der Waals surface area contributed by atoms with Gasteiger partial charge >= 0.3 is 0 Å². The average Bonchev–Trinajstić information content (AvgIpc) is 3.24. The van der Waals surface area contributed by atoms with Crippen molar-refractivity contribution in [3.63, 3.8) is 0 Å². The number of benzene rings is 2. The van der Waals surface area contributed by atoms with Gasteiger partial charge in [-0.1, -0.05) is 69.2 Å². The zero-order valence-corrected chi connectivity index (χ0v) is 20.3. The van der Waals surface area contributed by atoms with E-state index in [0.29, 0.717) is 5.92 Å². The van der Waals surface area contributed by atoms with Gasteiger partial charge in [0.1, 0.15) is 5.60 Å². The standard InChI is InChI=1S/C30H31N3O/c1-21(2)23-10-12-25(13-11-23)30(34,29(3)19-33(4)20-29)26-15-22(17-31-18-26)9-14-27-16-24-7-5-6-8-28(24)32-27/h5-8,10-13,15-18,21,32,34H,19-20H2,1-4H3/t30-/m0/s1. The second-order valence-electron chi connectivity index (χ2n) is 10.2. The van der Waals surface area contributed by atoms with Crippen molar-refractivity contribution in [2.45, 2.75) is 32.3 Å². The Morgan fingerprint density at radius 3 is 2.41 bits per heavy atom. The molecule has 0 spiro atoms. The number of para-hydroxylation sites is 1. The highest BCUT2D eigenvalue weighted by molar-refractivity contribution is 5.81. The van der Waals surface area contributed by atoms with Gasteiger partial charge in [0.15, 0.2) is 0 Å². The van der Waals surface area contributed by atoms with Crippen molar-refractivity contribution in [1.29, 1.82) is 0 Å². The van der Waals surface area contributed by atoms with Crippen molar-refractivity contribution in [2.24, 2.45) is 5.41 Å². The molecular formula is C30H31N3O. The second-order valence-corrected chi connectivity index (χ2v) is 10.2. The molecule has 1 saturated heterocycles. The molecule has 0 aliphatic carbocycles. The van der Waals surface area contributed by atoms with E-state index in [-0.39, 0.29) is 5.41 Å². The number of aliphatic hydroxyl groups is 1. The molecule has 4 nitrogen and oxygen atoms in total. The van der Waals surface area contributed by atoms with Crippen LogP contribution in [0.2, 0.25) is 0 Å². The Bertz CT molecular complexity index is 1350. The number of aromatic nitrogens is 2. The molecule has 0 bridgehead atoms. The number of nitrogens with one attached hydrogen (secondary N) is 1. The third-order valence-corrected chi connectivity index (χ3v) is 7.13. The van der Waals surface area contributed by atoms with Gasteiger partial charge in [-0.25, -0.2) is 0 Å². The molecule has 2 aromatic carbocycles. The maximum atomic E-state index is 12.4. The lowest BCUT2D eigenvalue weighted by Gasteiger charge is -2.55. The summed E-state index contributed by atoms with van der Waals surface area (Å²) in [5.74, 6) is 6.91. The van der Waals surface area contributed by atoms with Crippen molar-refractivity contribution in [2.75, 3.05) is 20.1 Å². The number of aromatic amines is 1. The highest BCUT2D eigenvalue weighted by atomic mass is 16.3. The van der Waals surface area contributed by atoms with Crippen molar-refractivity contribution >= 4 is 10.9 Å². The molecule has 1 atom stereocenters. The van der Waals surface area contributed by atoms with Crippen LogP contribution in [0.4, 0.5) is 0 Å². The van der Waals surface area contributed by atoms with Gasteiger partial charge in [0, 0.05) is 52.9 Å². The van der Waals surface area contributed by atoms with Crippen molar-refractivity contribution in [3.05, 3.63) is 101 Å². The fraction of sp³-hybridized carbons (Fsp3) is 0.300. The Morgan fingerprint density at radius 1 is 1.00 bits per heavy atom. The zero-order chi connectivity index (χ0) is 23.9. The molecule has 4 aromatic rings. The van der Waals surface area contributed by atoms with Gasteiger partial charge < -0.3 is 15.0 Å². The lowest BCUT2D eigenvalue weighted by molar-refractivity contribution is -0.127. The minimum atomic E-state index is -1.17. The minimum absolute atomic E-state index is 0.327. The third kappa shape index (κ3) is 3.81. The summed E-state index contributed by atoms with van der Waals surface area (Å²) in [4.78, 5) is 10.1. The molecule has 3 heterocycles. The summed E-state index contributed by atoms with van der Waals surface area (Å²) >= 11 is 0. The molecule has 4 heteroatoms. The molecule has 2 aromatic heterocycles. The zero-order valence-electron chi connectivity index (χ0n) is 20.3. The third-order valence-electron chi connectivity index (χ3n) is 7.13. The number of hydrogen-bond donors (Lipinski definition) is 2. The molecule has 34 heavy (non-hydrogen) atoms. The largest absolute Gasteiger partial charge is 0.380 e. The summed E-state index contributed by atoms with van der Waals surface area (Å²) in [6.45, 7) is 8.14. The van der Waals surface area contributed by atoms with E-state index in [4.69, 9.17) is 0 Å². The first-order chi connectivity index (χ1) is 16.3. The van der Waals surface area contributed by atoms with Crippen LogP contribution in [0.15, 0.2) is 73.1 Å². The lowest BCUT2D eigenvalue weighted by Crippen LogP contribution is -2.63. The SMILES string of the molecule is CC(C)c1ccc([C@](O)(c2cncc(C#Cc3cc4ccccc4[nH]3)c2)C2(C)CN(C)C2)cc1. The van der Waals surface area contributed by atoms with Crippen LogP contribution < -0.4 is 0 Å². The summed E-state index contributed by atoms with van der Waals surface area (Å²) in [7, 11) is 2.09. The Kier molecular flexibility index (Phi) is 5.56. The van der Waals surface area contributed by atoms with E-state index in [2.05, 4.69) is 90.9 Å². The fourth-order valence-electron chi connectivity index (χ4n) is 5.33. The van der Waals surface area contributed by atoms with Crippen molar-refractivity contribution in [1.82, 2.24) is 14.9 Å². The van der Waals surface area contributed by atoms with Gasteiger partial charge in [0.05, 0.1) is 5.69 Å². The van der Waals surface area contributed by atoms with E-state index in [9.17, 15) is 5.11 Å². The van der Waals surface area contributed by atoms with E-state index in [1.165, 1.54) is 5.56 Å². The molecule has 0 unspecified atom stereocenters. The summed E-state index contributed by atoms with van der Waals surface area (Å²) in [5, 5.41) is 13.5. The maximum absolute atomic E-state index is 12.4. The van der Waals surface area contributed by atoms with Gasteiger partial charge in [-0.05, 0) is 48.2 Å². The highest BCUT2D eigenvalue weighted by Gasteiger charge is 2.55. The number of pyridine rings is 1. The first-order valence-corrected chi connectivity index (χ1v) is 11.9. The molecule has 1 aliphatic rings. The second kappa shape index (κ2) is 8.43. The van der Waals surface area contributed by atoms with Crippen LogP contribution in [-0.2, 0) is 5.60 Å². The normalized spacial score (nSPS) is 17.1. The van der Waals surface area contributed by atoms with E-state index in [1.807, 2.05) is 24.3 Å². The quantitative estimate of drug-likeness (QED) is 0.417. The van der Waals surface area contributed by atoms with Crippen LogP contribution in [0.1, 0.15) is 54.6 Å². The Balaban J connectivity index is 1.54. The Labute approximate surface area is 201 Å². The average molecular weight is 450 g/mol. The topological polar surface area (TPSA) is 52.2 Å². The van der Waals surface area contributed by atoms with Crippen LogP contribution in [0, 0.1) is 17.3 Å². The summed E-state index contributed by atoms with van der Waals surface area (Å²) in [6, 6.07) is 20.6. The van der Waals surface area contributed by atoms with Crippen molar-refractivity contribution in [3.8, 4) is 11.8 Å². The number of likely N-dealkylation sites (tertiary alicyclic amines) is 1. The summed E-state index contributed by atoms with van der Waals surface area (Å²) in [6.07, 6.45) is 3.55. The van der Waals surface area contributed by atoms with Crippen LogP contribution in [0.5, 0.6) is 0 Å². The molecular weight excluding hydrogens is 418 g/mol. The number of fused-ring (bicyclic) bond motifs is 1. The fourth-order valence-corrected chi connectivity index (χ4v) is 5.33. The van der Waals surface area contributed by atoms with Crippen LogP contribution >= 0.6 is 0 Å². The minimum Gasteiger partial charge on any atom is -0.380 e. The number of nitrogens with zero attached hydrogens (tertiary/aromatic N) is 2. The van der Waals surface area contributed by atoms with Crippen LogP contribution in [0.3, 0.4) is 0 Å². The first kappa shape index (κ1) is 22.4. The van der Waals surface area contributed by atoms with E-state index in [1.54, 1.807) is 12.4 Å². The summed E-state index contributed by atoms with van der Waals surface area (Å²) < 4.78 is 0. The number of H-pyrrole nitrogens is 1. The molecule has 0 radical (unpaired) electrons. The summed E-state index contributed by atoms with van der Waals surface area (Å²) in [5.41, 5.74) is 4.16. The number of hydrogen-bond acceptors (Lipinski definition) is 3. The Morgan fingerprint density at radius 2 is 1.74 bits per heavy atom. The molecule has 0 saturated carbocycles. The van der Waals surface area contributed by atoms with Crippen LogP contribution in [0.25, 0.3) is 10.9 Å². The van der Waals surface area contributed by atoms with Crippen molar-refractivity contribution < 1.29 is 5.11 Å². The van der Waals surface area contributed by atoms with E-state index in [0.717, 1.165) is 46.4 Å². The van der Waals surface area contributed by atoms with Gasteiger partial charge in [0.2, 0.25) is 0 Å². The molecule has 5 rings (SSSR count). The molecule has 0 amide bonds. The molecule has 1 fully saturated rings. The van der Waals surface area contributed by atoms with E-state index >= 15 is 0 Å². The monoisotopic (exact) mass is 449 g/mol. The van der Waals surface area contributed by atoms with Gasteiger partial charge in [-0.3, -0.25) is 4.98 Å². The van der Waals surface area contributed by atoms with Gasteiger partial charge in [-0.2, -0.15) is 0 Å².